The zero-order valence-corrected chi connectivity index (χ0v) is 12.2. The van der Waals surface area contributed by atoms with Crippen molar-refractivity contribution in [3.8, 4) is 0 Å². The first-order chi connectivity index (χ1) is 9.24. The van der Waals surface area contributed by atoms with E-state index < -0.39 is 0 Å². The molecule has 0 amide bonds. The summed E-state index contributed by atoms with van der Waals surface area (Å²) in [5.41, 5.74) is 9.81. The molecule has 0 saturated heterocycles. The number of thiazole rings is 1. The highest BCUT2D eigenvalue weighted by molar-refractivity contribution is 7.11. The predicted molar refractivity (Wildman–Crippen MR) is 80.7 cm³/mol. The minimum absolute atomic E-state index is 0.666. The summed E-state index contributed by atoms with van der Waals surface area (Å²) in [6, 6.07) is 8.71. The fraction of sp³-hybridized carbons (Fsp3) is 0.438. The second kappa shape index (κ2) is 5.43. The molecule has 1 heterocycles. The van der Waals surface area contributed by atoms with Crippen LogP contribution in [0, 0.1) is 12.8 Å². The number of benzene rings is 1. The van der Waals surface area contributed by atoms with Crippen molar-refractivity contribution < 1.29 is 0 Å². The van der Waals surface area contributed by atoms with E-state index in [2.05, 4.69) is 31.2 Å². The van der Waals surface area contributed by atoms with Crippen LogP contribution in [-0.2, 0) is 19.3 Å². The molecule has 1 unspecified atom stereocenters. The lowest BCUT2D eigenvalue weighted by atomic mass is 9.91. The van der Waals surface area contributed by atoms with Gasteiger partial charge in [0.1, 0.15) is 0 Å². The van der Waals surface area contributed by atoms with Gasteiger partial charge < -0.3 is 5.73 Å². The van der Waals surface area contributed by atoms with Gasteiger partial charge in [-0.25, -0.2) is 4.98 Å². The van der Waals surface area contributed by atoms with Gasteiger partial charge in [-0.1, -0.05) is 29.8 Å². The maximum atomic E-state index is 5.79. The Morgan fingerprint density at radius 3 is 3.11 bits per heavy atom. The minimum Gasteiger partial charge on any atom is -0.330 e. The molecule has 0 fully saturated rings. The van der Waals surface area contributed by atoms with Gasteiger partial charge in [0.25, 0.3) is 0 Å². The fourth-order valence-electron chi connectivity index (χ4n) is 2.77. The summed E-state index contributed by atoms with van der Waals surface area (Å²) < 4.78 is 0. The van der Waals surface area contributed by atoms with Gasteiger partial charge in [0, 0.05) is 11.3 Å². The lowest BCUT2D eigenvalue weighted by Crippen LogP contribution is -2.21. The molecule has 2 nitrogen and oxygen atoms in total. The van der Waals surface area contributed by atoms with Crippen molar-refractivity contribution in [3.05, 3.63) is 51.0 Å². The molecule has 0 radical (unpaired) electrons. The van der Waals surface area contributed by atoms with E-state index in [0.29, 0.717) is 5.92 Å². The first-order valence-electron chi connectivity index (χ1n) is 6.97. The summed E-state index contributed by atoms with van der Waals surface area (Å²) >= 11 is 1.89. The number of hydrogen-bond acceptors (Lipinski definition) is 3. The Kier molecular flexibility index (Phi) is 3.67. The van der Waals surface area contributed by atoms with Crippen LogP contribution in [0.4, 0.5) is 0 Å². The van der Waals surface area contributed by atoms with Crippen molar-refractivity contribution in [1.82, 2.24) is 4.98 Å². The third-order valence-corrected chi connectivity index (χ3v) is 4.98. The molecular formula is C16H20N2S. The highest BCUT2D eigenvalue weighted by atomic mass is 32.1. The zero-order valence-electron chi connectivity index (χ0n) is 11.4. The van der Waals surface area contributed by atoms with Crippen LogP contribution in [0.3, 0.4) is 0 Å². The summed E-state index contributed by atoms with van der Waals surface area (Å²) in [6.45, 7) is 2.95. The topological polar surface area (TPSA) is 38.9 Å². The van der Waals surface area contributed by atoms with E-state index in [0.717, 1.165) is 25.8 Å². The van der Waals surface area contributed by atoms with Crippen LogP contribution in [0.15, 0.2) is 24.3 Å². The van der Waals surface area contributed by atoms with Gasteiger partial charge in [-0.2, -0.15) is 0 Å². The number of aromatic nitrogens is 1. The first-order valence-corrected chi connectivity index (χ1v) is 7.79. The van der Waals surface area contributed by atoms with Crippen molar-refractivity contribution in [2.75, 3.05) is 6.54 Å². The number of fused-ring (bicyclic) bond motifs is 1. The van der Waals surface area contributed by atoms with Gasteiger partial charge >= 0.3 is 0 Å². The molecule has 1 aromatic carbocycles. The molecule has 0 aliphatic heterocycles. The molecule has 2 N–H and O–H groups in total. The van der Waals surface area contributed by atoms with Crippen molar-refractivity contribution in [3.63, 3.8) is 0 Å². The van der Waals surface area contributed by atoms with E-state index in [1.54, 1.807) is 0 Å². The van der Waals surface area contributed by atoms with Crippen LogP contribution in [0.5, 0.6) is 0 Å². The van der Waals surface area contributed by atoms with E-state index >= 15 is 0 Å². The number of nitrogens with zero attached hydrogens (tertiary/aromatic N) is 1. The molecule has 2 aromatic rings. The SMILES string of the molecule is Cc1cccc(Cc2nc3c(s2)CC(CN)CC3)c1. The van der Waals surface area contributed by atoms with Crippen LogP contribution in [0.2, 0.25) is 0 Å². The predicted octanol–water partition coefficient (Wildman–Crippen LogP) is 3.11. The van der Waals surface area contributed by atoms with Gasteiger partial charge in [0.15, 0.2) is 0 Å². The zero-order chi connectivity index (χ0) is 13.2. The summed E-state index contributed by atoms with van der Waals surface area (Å²) in [5.74, 6) is 0.666. The molecule has 3 rings (SSSR count). The smallest absolute Gasteiger partial charge is 0.0974 e. The average molecular weight is 272 g/mol. The molecule has 0 saturated carbocycles. The maximum Gasteiger partial charge on any atom is 0.0974 e. The van der Waals surface area contributed by atoms with Gasteiger partial charge in [0.05, 0.1) is 10.7 Å². The maximum absolute atomic E-state index is 5.79. The van der Waals surface area contributed by atoms with Crippen LogP contribution < -0.4 is 5.73 Å². The van der Waals surface area contributed by atoms with Crippen molar-refractivity contribution in [1.29, 1.82) is 0 Å². The van der Waals surface area contributed by atoms with E-state index in [9.17, 15) is 0 Å². The number of rotatable bonds is 3. The van der Waals surface area contributed by atoms with E-state index in [-0.39, 0.29) is 0 Å². The Bertz CT molecular complexity index is 574. The summed E-state index contributed by atoms with van der Waals surface area (Å²) in [5, 5.41) is 1.26. The van der Waals surface area contributed by atoms with Crippen LogP contribution in [-0.4, -0.2) is 11.5 Å². The molecule has 3 heteroatoms. The molecule has 1 aliphatic rings. The Balaban J connectivity index is 1.78. The van der Waals surface area contributed by atoms with Crippen LogP contribution in [0.25, 0.3) is 0 Å². The Hall–Kier alpha value is -1.19. The largest absolute Gasteiger partial charge is 0.330 e. The van der Waals surface area contributed by atoms with E-state index in [4.69, 9.17) is 10.7 Å². The fourth-order valence-corrected chi connectivity index (χ4v) is 4.03. The lowest BCUT2D eigenvalue weighted by molar-refractivity contribution is 0.469. The second-order valence-corrected chi connectivity index (χ2v) is 6.66. The second-order valence-electron chi connectivity index (χ2n) is 5.49. The molecular weight excluding hydrogens is 252 g/mol. The van der Waals surface area contributed by atoms with E-state index in [1.165, 1.54) is 33.1 Å². The first kappa shape index (κ1) is 12.8. The van der Waals surface area contributed by atoms with Crippen LogP contribution in [0.1, 0.15) is 33.1 Å². The lowest BCUT2D eigenvalue weighted by Gasteiger charge is -2.18. The molecule has 1 aliphatic carbocycles. The van der Waals surface area contributed by atoms with Gasteiger partial charge in [-0.05, 0) is 44.2 Å². The normalized spacial score (nSPS) is 18.3. The molecule has 1 atom stereocenters. The Morgan fingerprint density at radius 2 is 2.32 bits per heavy atom. The third kappa shape index (κ3) is 2.88. The molecule has 0 bridgehead atoms. The Labute approximate surface area is 118 Å². The Morgan fingerprint density at radius 1 is 1.42 bits per heavy atom. The minimum atomic E-state index is 0.666. The summed E-state index contributed by atoms with van der Waals surface area (Å²) in [4.78, 5) is 6.30. The molecule has 19 heavy (non-hydrogen) atoms. The summed E-state index contributed by atoms with van der Waals surface area (Å²) in [7, 11) is 0. The number of nitrogens with two attached hydrogens (primary N) is 1. The molecule has 100 valence electrons. The third-order valence-electron chi connectivity index (χ3n) is 3.86. The highest BCUT2D eigenvalue weighted by Gasteiger charge is 2.21. The summed E-state index contributed by atoms with van der Waals surface area (Å²) in [6.07, 6.45) is 4.42. The van der Waals surface area contributed by atoms with Gasteiger partial charge in [-0.3, -0.25) is 0 Å². The standard InChI is InChI=1S/C16H20N2S/c1-11-3-2-4-12(7-11)9-16-18-14-6-5-13(10-17)8-15(14)19-16/h2-4,7,13H,5-6,8-10,17H2,1H3. The number of aryl methyl sites for hydroxylation is 2. The highest BCUT2D eigenvalue weighted by Crippen LogP contribution is 2.30. The number of hydrogen-bond donors (Lipinski definition) is 1. The molecule has 0 spiro atoms. The quantitative estimate of drug-likeness (QED) is 0.932. The average Bonchev–Trinajstić information content (AvgIpc) is 2.79. The molecule has 1 aromatic heterocycles. The monoisotopic (exact) mass is 272 g/mol. The van der Waals surface area contributed by atoms with E-state index in [1.807, 2.05) is 11.3 Å². The van der Waals surface area contributed by atoms with Gasteiger partial charge in [-0.15, -0.1) is 11.3 Å². The van der Waals surface area contributed by atoms with Gasteiger partial charge in [0.2, 0.25) is 0 Å². The van der Waals surface area contributed by atoms with Crippen molar-refractivity contribution in [2.45, 2.75) is 32.6 Å². The van der Waals surface area contributed by atoms with Crippen molar-refractivity contribution in [2.24, 2.45) is 11.7 Å². The van der Waals surface area contributed by atoms with Crippen molar-refractivity contribution >= 4 is 11.3 Å². The van der Waals surface area contributed by atoms with Crippen LogP contribution >= 0.6 is 11.3 Å².